The Morgan fingerprint density at radius 3 is 2.94 bits per heavy atom. The van der Waals surface area contributed by atoms with Crippen molar-refractivity contribution in [3.05, 3.63) is 47.5 Å². The number of allylic oxidation sites excluding steroid dienone is 1. The fraction of sp³-hybridized carbons (Fsp3) is 0.429. The number of rotatable bonds is 7. The van der Waals surface area contributed by atoms with Crippen molar-refractivity contribution in [1.82, 2.24) is 5.32 Å². The first-order valence-corrected chi connectivity index (χ1v) is 6.16. The van der Waals surface area contributed by atoms with E-state index in [0.29, 0.717) is 6.04 Å². The molecule has 0 saturated carbocycles. The molecule has 2 heteroatoms. The number of nitrogens with one attached hydrogen (secondary N) is 1. The molecule has 88 valence electrons. The minimum absolute atomic E-state index is 0.526. The molecule has 0 aliphatic carbocycles. The quantitative estimate of drug-likeness (QED) is 0.562. The van der Waals surface area contributed by atoms with Crippen molar-refractivity contribution in [3.63, 3.8) is 0 Å². The molecular weight excluding hydrogens is 218 g/mol. The molecule has 1 atom stereocenters. The predicted octanol–water partition coefficient (Wildman–Crippen LogP) is 3.83. The highest BCUT2D eigenvalue weighted by atomic mass is 35.5. The first kappa shape index (κ1) is 13.3. The Kier molecular flexibility index (Phi) is 6.20. The molecule has 0 bridgehead atoms. The third-order valence-electron chi connectivity index (χ3n) is 2.74. The van der Waals surface area contributed by atoms with E-state index in [-0.39, 0.29) is 0 Å². The van der Waals surface area contributed by atoms with E-state index >= 15 is 0 Å². The third-order valence-corrected chi connectivity index (χ3v) is 2.98. The standard InChI is InChI=1S/C14H20ClN/c1-3-4-5-9-14(16-2)11-12-7-6-8-13(15)10-12/h3,6-8,10,14,16H,1,4-5,9,11H2,2H3. The SMILES string of the molecule is C=CCCCC(Cc1cccc(Cl)c1)NC. The van der Waals surface area contributed by atoms with E-state index in [2.05, 4.69) is 18.0 Å². The lowest BCUT2D eigenvalue weighted by Gasteiger charge is -2.15. The van der Waals surface area contributed by atoms with Crippen LogP contribution in [0.5, 0.6) is 0 Å². The number of unbranched alkanes of at least 4 members (excludes halogenated alkanes) is 1. The van der Waals surface area contributed by atoms with Crippen LogP contribution < -0.4 is 5.32 Å². The van der Waals surface area contributed by atoms with Gasteiger partial charge in [-0.3, -0.25) is 0 Å². The fourth-order valence-electron chi connectivity index (χ4n) is 1.81. The second kappa shape index (κ2) is 7.48. The number of hydrogen-bond donors (Lipinski definition) is 1. The first-order chi connectivity index (χ1) is 7.76. The van der Waals surface area contributed by atoms with Gasteiger partial charge in [0.2, 0.25) is 0 Å². The van der Waals surface area contributed by atoms with Gasteiger partial charge in [0.15, 0.2) is 0 Å². The summed E-state index contributed by atoms with van der Waals surface area (Å²) in [5.74, 6) is 0. The van der Waals surface area contributed by atoms with Crippen molar-refractivity contribution in [1.29, 1.82) is 0 Å². The Balaban J connectivity index is 2.46. The highest BCUT2D eigenvalue weighted by molar-refractivity contribution is 6.30. The van der Waals surface area contributed by atoms with Crippen LogP contribution >= 0.6 is 11.6 Å². The molecule has 0 saturated heterocycles. The Morgan fingerprint density at radius 2 is 2.31 bits per heavy atom. The summed E-state index contributed by atoms with van der Waals surface area (Å²) >= 11 is 5.96. The van der Waals surface area contributed by atoms with Gasteiger partial charge in [-0.1, -0.05) is 29.8 Å². The van der Waals surface area contributed by atoms with Gasteiger partial charge in [0.05, 0.1) is 0 Å². The fourth-order valence-corrected chi connectivity index (χ4v) is 2.02. The molecule has 1 aromatic rings. The lowest BCUT2D eigenvalue weighted by molar-refractivity contribution is 0.504. The molecule has 1 unspecified atom stereocenters. The normalized spacial score (nSPS) is 12.4. The van der Waals surface area contributed by atoms with Gasteiger partial charge < -0.3 is 5.32 Å². The molecule has 0 fully saturated rings. The summed E-state index contributed by atoms with van der Waals surface area (Å²) < 4.78 is 0. The van der Waals surface area contributed by atoms with Crippen molar-refractivity contribution in [2.24, 2.45) is 0 Å². The van der Waals surface area contributed by atoms with Gasteiger partial charge in [-0.15, -0.1) is 6.58 Å². The largest absolute Gasteiger partial charge is 0.317 e. The Bertz CT molecular complexity index is 322. The maximum atomic E-state index is 5.96. The Labute approximate surface area is 104 Å². The average molecular weight is 238 g/mol. The number of benzene rings is 1. The van der Waals surface area contributed by atoms with Gasteiger partial charge in [-0.2, -0.15) is 0 Å². The van der Waals surface area contributed by atoms with Gasteiger partial charge in [0, 0.05) is 11.1 Å². The van der Waals surface area contributed by atoms with Crippen LogP contribution in [0.1, 0.15) is 24.8 Å². The lowest BCUT2D eigenvalue weighted by atomic mass is 10.0. The summed E-state index contributed by atoms with van der Waals surface area (Å²) in [6.07, 6.45) is 6.47. The molecule has 16 heavy (non-hydrogen) atoms. The molecule has 0 spiro atoms. The summed E-state index contributed by atoms with van der Waals surface area (Å²) in [7, 11) is 2.02. The van der Waals surface area contributed by atoms with Crippen LogP contribution in [-0.2, 0) is 6.42 Å². The third kappa shape index (κ3) is 4.82. The van der Waals surface area contributed by atoms with Crippen molar-refractivity contribution in [2.45, 2.75) is 31.7 Å². The predicted molar refractivity (Wildman–Crippen MR) is 72.1 cm³/mol. The van der Waals surface area contributed by atoms with Gasteiger partial charge in [-0.05, 0) is 50.4 Å². The van der Waals surface area contributed by atoms with Crippen LogP contribution in [0.25, 0.3) is 0 Å². The monoisotopic (exact) mass is 237 g/mol. The Morgan fingerprint density at radius 1 is 1.50 bits per heavy atom. The van der Waals surface area contributed by atoms with E-state index in [9.17, 15) is 0 Å². The lowest BCUT2D eigenvalue weighted by Crippen LogP contribution is -2.27. The Hall–Kier alpha value is -0.790. The highest BCUT2D eigenvalue weighted by Gasteiger charge is 2.06. The van der Waals surface area contributed by atoms with E-state index in [1.165, 1.54) is 18.4 Å². The smallest absolute Gasteiger partial charge is 0.0408 e. The van der Waals surface area contributed by atoms with E-state index in [1.54, 1.807) is 0 Å². The summed E-state index contributed by atoms with van der Waals surface area (Å²) in [5, 5.41) is 4.17. The summed E-state index contributed by atoms with van der Waals surface area (Å²) in [4.78, 5) is 0. The zero-order chi connectivity index (χ0) is 11.8. The molecule has 0 aliphatic rings. The molecule has 0 radical (unpaired) electrons. The molecule has 1 aromatic carbocycles. The van der Waals surface area contributed by atoms with Crippen LogP contribution in [0.3, 0.4) is 0 Å². The van der Waals surface area contributed by atoms with Crippen molar-refractivity contribution >= 4 is 11.6 Å². The van der Waals surface area contributed by atoms with Crippen LogP contribution in [0.15, 0.2) is 36.9 Å². The van der Waals surface area contributed by atoms with E-state index in [0.717, 1.165) is 17.9 Å². The van der Waals surface area contributed by atoms with Gasteiger partial charge in [0.1, 0.15) is 0 Å². The zero-order valence-corrected chi connectivity index (χ0v) is 10.6. The molecule has 1 nitrogen and oxygen atoms in total. The average Bonchev–Trinajstić information content (AvgIpc) is 2.28. The molecule has 1 rings (SSSR count). The van der Waals surface area contributed by atoms with Crippen LogP contribution in [0.2, 0.25) is 5.02 Å². The maximum Gasteiger partial charge on any atom is 0.0408 e. The molecule has 1 N–H and O–H groups in total. The van der Waals surface area contributed by atoms with Gasteiger partial charge >= 0.3 is 0 Å². The van der Waals surface area contributed by atoms with E-state index in [4.69, 9.17) is 11.6 Å². The second-order valence-corrected chi connectivity index (χ2v) is 4.48. The maximum absolute atomic E-state index is 5.96. The zero-order valence-electron chi connectivity index (χ0n) is 9.88. The first-order valence-electron chi connectivity index (χ1n) is 5.79. The number of halogens is 1. The van der Waals surface area contributed by atoms with Gasteiger partial charge in [-0.25, -0.2) is 0 Å². The summed E-state index contributed by atoms with van der Waals surface area (Å²) in [6, 6.07) is 8.62. The van der Waals surface area contributed by atoms with Crippen molar-refractivity contribution in [2.75, 3.05) is 7.05 Å². The topological polar surface area (TPSA) is 12.0 Å². The number of hydrogen-bond acceptors (Lipinski definition) is 1. The van der Waals surface area contributed by atoms with Crippen molar-refractivity contribution in [3.8, 4) is 0 Å². The van der Waals surface area contributed by atoms with Gasteiger partial charge in [0.25, 0.3) is 0 Å². The number of likely N-dealkylation sites (N-methyl/N-ethyl adjacent to an activating group) is 1. The van der Waals surface area contributed by atoms with Crippen molar-refractivity contribution < 1.29 is 0 Å². The molecule has 0 heterocycles. The minimum Gasteiger partial charge on any atom is -0.317 e. The molecule has 0 aromatic heterocycles. The van der Waals surface area contributed by atoms with E-state index in [1.807, 2.05) is 31.3 Å². The van der Waals surface area contributed by atoms with E-state index < -0.39 is 0 Å². The molecular formula is C14H20ClN. The molecule has 0 aliphatic heterocycles. The van der Waals surface area contributed by atoms with Crippen LogP contribution in [0.4, 0.5) is 0 Å². The second-order valence-electron chi connectivity index (χ2n) is 4.04. The minimum atomic E-state index is 0.526. The van der Waals surface area contributed by atoms with Crippen LogP contribution in [-0.4, -0.2) is 13.1 Å². The summed E-state index contributed by atoms with van der Waals surface area (Å²) in [6.45, 7) is 3.74. The van der Waals surface area contributed by atoms with Crippen LogP contribution in [0, 0.1) is 0 Å². The highest BCUT2D eigenvalue weighted by Crippen LogP contribution is 2.14. The molecule has 0 amide bonds. The summed E-state index contributed by atoms with van der Waals surface area (Å²) in [5.41, 5.74) is 1.30.